The Labute approximate surface area is 130 Å². The zero-order chi connectivity index (χ0) is 16.1. The van der Waals surface area contributed by atoms with E-state index in [2.05, 4.69) is 33.9 Å². The molecule has 0 bridgehead atoms. The Morgan fingerprint density at radius 2 is 1.62 bits per heavy atom. The molecule has 0 aliphatic rings. The van der Waals surface area contributed by atoms with E-state index in [0.717, 1.165) is 5.56 Å². The topological polar surface area (TPSA) is 49.7 Å². The Kier molecular flexibility index (Phi) is 6.59. The first-order valence-electron chi connectivity index (χ1n) is 7.67. The summed E-state index contributed by atoms with van der Waals surface area (Å²) in [6.45, 7) is 11.5. The van der Waals surface area contributed by atoms with Gasteiger partial charge in [0.15, 0.2) is 8.32 Å². The molecular formula is C17H30O3Si. The second-order valence-corrected chi connectivity index (χ2v) is 12.0. The van der Waals surface area contributed by atoms with Crippen LogP contribution >= 0.6 is 0 Å². The molecule has 2 atom stereocenters. The second-order valence-electron chi connectivity index (χ2n) is 7.22. The minimum Gasteiger partial charge on any atom is -0.417 e. The summed E-state index contributed by atoms with van der Waals surface area (Å²) in [6, 6.07) is 9.74. The highest BCUT2D eigenvalue weighted by molar-refractivity contribution is 6.74. The first kappa shape index (κ1) is 18.4. The smallest absolute Gasteiger partial charge is 0.191 e. The summed E-state index contributed by atoms with van der Waals surface area (Å²) in [5.41, 5.74) is 1.04. The van der Waals surface area contributed by atoms with Crippen LogP contribution in [-0.4, -0.2) is 37.3 Å². The summed E-state index contributed by atoms with van der Waals surface area (Å²) in [5.74, 6) is 0. The fraction of sp³-hybridized carbons (Fsp3) is 0.647. The van der Waals surface area contributed by atoms with E-state index in [9.17, 15) is 10.2 Å². The van der Waals surface area contributed by atoms with E-state index in [1.165, 1.54) is 0 Å². The highest BCUT2D eigenvalue weighted by atomic mass is 28.4. The van der Waals surface area contributed by atoms with Gasteiger partial charge < -0.3 is 14.6 Å². The van der Waals surface area contributed by atoms with Crippen LogP contribution in [-0.2, 0) is 10.8 Å². The molecule has 0 fully saturated rings. The van der Waals surface area contributed by atoms with Crippen molar-refractivity contribution in [2.45, 2.75) is 64.0 Å². The predicted molar refractivity (Wildman–Crippen MR) is 89.9 cm³/mol. The van der Waals surface area contributed by atoms with Gasteiger partial charge >= 0.3 is 0 Å². The molecule has 1 aromatic rings. The lowest BCUT2D eigenvalue weighted by molar-refractivity contribution is 0.00696. The Morgan fingerprint density at radius 3 is 2.14 bits per heavy atom. The Hall–Kier alpha value is -0.683. The number of aliphatic hydroxyl groups is 2. The number of benzene rings is 1. The Balaban J connectivity index is 2.38. The lowest BCUT2D eigenvalue weighted by atomic mass is 10.0. The molecule has 0 saturated heterocycles. The van der Waals surface area contributed by atoms with Crippen molar-refractivity contribution in [2.75, 3.05) is 6.61 Å². The van der Waals surface area contributed by atoms with E-state index in [1.54, 1.807) is 0 Å². The SMILES string of the molecule is CC(C)(C)[Si](C)(C)OCC[C@@H](O)[C@H](O)Cc1ccccc1. The quantitative estimate of drug-likeness (QED) is 0.759. The molecule has 2 N–H and O–H groups in total. The van der Waals surface area contributed by atoms with Crippen LogP contribution in [0, 0.1) is 0 Å². The van der Waals surface area contributed by atoms with Gasteiger partial charge in [0.2, 0.25) is 0 Å². The van der Waals surface area contributed by atoms with Crippen LogP contribution in [0.3, 0.4) is 0 Å². The highest BCUT2D eigenvalue weighted by Crippen LogP contribution is 2.36. The lowest BCUT2D eigenvalue weighted by Gasteiger charge is -2.36. The number of hydrogen-bond acceptors (Lipinski definition) is 3. The van der Waals surface area contributed by atoms with Gasteiger partial charge in [0.05, 0.1) is 12.2 Å². The van der Waals surface area contributed by atoms with Crippen molar-refractivity contribution < 1.29 is 14.6 Å². The van der Waals surface area contributed by atoms with E-state index in [1.807, 2.05) is 30.3 Å². The molecule has 120 valence electrons. The van der Waals surface area contributed by atoms with Crippen LogP contribution in [0.2, 0.25) is 18.1 Å². The average molecular weight is 311 g/mol. The van der Waals surface area contributed by atoms with Crippen LogP contribution in [0.15, 0.2) is 30.3 Å². The molecular weight excluding hydrogens is 280 g/mol. The summed E-state index contributed by atoms with van der Waals surface area (Å²) < 4.78 is 6.03. The second kappa shape index (κ2) is 7.54. The van der Waals surface area contributed by atoms with Crippen LogP contribution in [0.25, 0.3) is 0 Å². The minimum atomic E-state index is -1.77. The van der Waals surface area contributed by atoms with Crippen molar-refractivity contribution in [1.29, 1.82) is 0 Å². The van der Waals surface area contributed by atoms with Gasteiger partial charge in [-0.1, -0.05) is 51.1 Å². The number of hydrogen-bond donors (Lipinski definition) is 2. The van der Waals surface area contributed by atoms with Gasteiger partial charge in [-0.25, -0.2) is 0 Å². The van der Waals surface area contributed by atoms with Gasteiger partial charge in [-0.2, -0.15) is 0 Å². The van der Waals surface area contributed by atoms with Gasteiger partial charge in [0.1, 0.15) is 0 Å². The van der Waals surface area contributed by atoms with Crippen molar-refractivity contribution >= 4 is 8.32 Å². The molecule has 0 radical (unpaired) electrons. The zero-order valence-electron chi connectivity index (χ0n) is 14.0. The van der Waals surface area contributed by atoms with E-state index in [4.69, 9.17) is 4.43 Å². The number of aliphatic hydroxyl groups excluding tert-OH is 2. The summed E-state index contributed by atoms with van der Waals surface area (Å²) in [6.07, 6.45) is -0.534. The molecule has 0 amide bonds. The van der Waals surface area contributed by atoms with Crippen LogP contribution in [0.4, 0.5) is 0 Å². The van der Waals surface area contributed by atoms with Crippen molar-refractivity contribution in [3.63, 3.8) is 0 Å². The monoisotopic (exact) mass is 310 g/mol. The van der Waals surface area contributed by atoms with Gasteiger partial charge in [0.25, 0.3) is 0 Å². The maximum atomic E-state index is 10.1. The fourth-order valence-corrected chi connectivity index (χ4v) is 2.90. The third-order valence-electron chi connectivity index (χ3n) is 4.41. The van der Waals surface area contributed by atoms with E-state index in [0.29, 0.717) is 19.4 Å². The zero-order valence-corrected chi connectivity index (χ0v) is 15.0. The van der Waals surface area contributed by atoms with Crippen LogP contribution < -0.4 is 0 Å². The normalized spacial score (nSPS) is 15.8. The number of rotatable bonds is 7. The molecule has 0 unspecified atom stereocenters. The highest BCUT2D eigenvalue weighted by Gasteiger charge is 2.37. The summed E-state index contributed by atoms with van der Waals surface area (Å²) >= 11 is 0. The minimum absolute atomic E-state index is 0.167. The summed E-state index contributed by atoms with van der Waals surface area (Å²) in [7, 11) is -1.77. The van der Waals surface area contributed by atoms with Gasteiger partial charge in [-0.05, 0) is 30.1 Å². The maximum Gasteiger partial charge on any atom is 0.191 e. The molecule has 0 aliphatic heterocycles. The Bertz CT molecular complexity index is 412. The van der Waals surface area contributed by atoms with Gasteiger partial charge in [-0.3, -0.25) is 0 Å². The van der Waals surface area contributed by atoms with Gasteiger partial charge in [0, 0.05) is 13.0 Å². The van der Waals surface area contributed by atoms with E-state index >= 15 is 0 Å². The maximum absolute atomic E-state index is 10.1. The van der Waals surface area contributed by atoms with Crippen molar-refractivity contribution in [2.24, 2.45) is 0 Å². The molecule has 1 rings (SSSR count). The van der Waals surface area contributed by atoms with Crippen LogP contribution in [0.5, 0.6) is 0 Å². The van der Waals surface area contributed by atoms with E-state index < -0.39 is 20.5 Å². The van der Waals surface area contributed by atoms with Crippen molar-refractivity contribution in [1.82, 2.24) is 0 Å². The molecule has 1 aromatic carbocycles. The molecule has 4 heteroatoms. The molecule has 0 aliphatic carbocycles. The summed E-state index contributed by atoms with van der Waals surface area (Å²) in [4.78, 5) is 0. The first-order valence-corrected chi connectivity index (χ1v) is 10.6. The average Bonchev–Trinajstić information content (AvgIpc) is 2.38. The van der Waals surface area contributed by atoms with Crippen molar-refractivity contribution in [3.8, 4) is 0 Å². The third kappa shape index (κ3) is 5.91. The predicted octanol–water partition coefficient (Wildman–Crippen LogP) is 3.36. The standard InChI is InChI=1S/C17H30O3Si/c1-17(2,3)21(4,5)20-12-11-15(18)16(19)13-14-9-7-6-8-10-14/h6-10,15-16,18-19H,11-13H2,1-5H3/t15-,16-/m1/s1. The molecule has 3 nitrogen and oxygen atoms in total. The molecule has 0 saturated carbocycles. The summed E-state index contributed by atoms with van der Waals surface area (Å²) in [5, 5.41) is 20.3. The Morgan fingerprint density at radius 1 is 1.05 bits per heavy atom. The first-order chi connectivity index (χ1) is 9.63. The van der Waals surface area contributed by atoms with Crippen LogP contribution in [0.1, 0.15) is 32.8 Å². The molecule has 0 aromatic heterocycles. The van der Waals surface area contributed by atoms with Gasteiger partial charge in [-0.15, -0.1) is 0 Å². The lowest BCUT2D eigenvalue weighted by Crippen LogP contribution is -2.42. The van der Waals surface area contributed by atoms with Crippen molar-refractivity contribution in [3.05, 3.63) is 35.9 Å². The molecule has 0 spiro atoms. The largest absolute Gasteiger partial charge is 0.417 e. The molecule has 0 heterocycles. The fourth-order valence-electron chi connectivity index (χ4n) is 1.84. The third-order valence-corrected chi connectivity index (χ3v) is 8.95. The molecule has 21 heavy (non-hydrogen) atoms. The van der Waals surface area contributed by atoms with E-state index in [-0.39, 0.29) is 5.04 Å².